The number of aromatic hydroxyl groups is 1. The average molecular weight is 425 g/mol. The number of ether oxygens (including phenoxy) is 1. The second-order valence-electron chi connectivity index (χ2n) is 8.51. The maximum Gasteiger partial charge on any atom is 0.220 e. The van der Waals surface area contributed by atoms with E-state index in [2.05, 4.69) is 28.4 Å². The topological polar surface area (TPSA) is 61.8 Å². The van der Waals surface area contributed by atoms with E-state index >= 15 is 0 Å². The lowest BCUT2D eigenvalue weighted by Crippen LogP contribution is -2.29. The van der Waals surface area contributed by atoms with Crippen LogP contribution in [0.3, 0.4) is 0 Å². The Kier molecular flexibility index (Phi) is 9.22. The second kappa shape index (κ2) is 12.4. The number of phenolic OH excluding ortho intramolecular Hbond substituents is 1. The Bertz CT molecular complexity index is 831. The first-order valence-corrected chi connectivity index (χ1v) is 11.6. The summed E-state index contributed by atoms with van der Waals surface area (Å²) in [7, 11) is 0. The molecule has 2 aromatic rings. The van der Waals surface area contributed by atoms with Crippen LogP contribution in [0, 0.1) is 6.92 Å². The van der Waals surface area contributed by atoms with Crippen molar-refractivity contribution in [2.75, 3.05) is 26.2 Å². The highest BCUT2D eigenvalue weighted by molar-refractivity contribution is 5.75. The smallest absolute Gasteiger partial charge is 0.220 e. The minimum absolute atomic E-state index is 0.0824. The molecule has 2 aromatic carbocycles. The molecule has 0 bridgehead atoms. The Hall–Kier alpha value is -2.53. The van der Waals surface area contributed by atoms with Crippen molar-refractivity contribution in [3.05, 3.63) is 59.2 Å². The highest BCUT2D eigenvalue weighted by atomic mass is 16.5. The van der Waals surface area contributed by atoms with Crippen molar-refractivity contribution in [1.82, 2.24) is 10.2 Å². The molecule has 168 valence electrons. The van der Waals surface area contributed by atoms with Crippen molar-refractivity contribution >= 4 is 5.91 Å². The van der Waals surface area contributed by atoms with Crippen LogP contribution in [0.2, 0.25) is 0 Å². The molecule has 1 aliphatic heterocycles. The third-order valence-corrected chi connectivity index (χ3v) is 5.80. The van der Waals surface area contributed by atoms with Crippen LogP contribution in [0.4, 0.5) is 0 Å². The molecule has 5 nitrogen and oxygen atoms in total. The largest absolute Gasteiger partial charge is 0.508 e. The van der Waals surface area contributed by atoms with E-state index in [4.69, 9.17) is 4.74 Å². The molecule has 0 atom stereocenters. The first-order valence-electron chi connectivity index (χ1n) is 11.6. The summed E-state index contributed by atoms with van der Waals surface area (Å²) >= 11 is 0. The number of hydrogen-bond acceptors (Lipinski definition) is 4. The predicted octanol–water partition coefficient (Wildman–Crippen LogP) is 4.59. The van der Waals surface area contributed by atoms with Crippen molar-refractivity contribution in [3.63, 3.8) is 0 Å². The van der Waals surface area contributed by atoms with E-state index in [9.17, 15) is 9.90 Å². The van der Waals surface area contributed by atoms with Crippen molar-refractivity contribution < 1.29 is 14.6 Å². The maximum atomic E-state index is 12.0. The Morgan fingerprint density at radius 3 is 2.71 bits per heavy atom. The van der Waals surface area contributed by atoms with Gasteiger partial charge in [0.1, 0.15) is 11.5 Å². The number of amides is 1. The number of nitrogens with one attached hydrogen (secondary N) is 1. The van der Waals surface area contributed by atoms with Crippen molar-refractivity contribution in [1.29, 1.82) is 0 Å². The summed E-state index contributed by atoms with van der Waals surface area (Å²) in [5.41, 5.74) is 3.33. The van der Waals surface area contributed by atoms with Crippen LogP contribution < -0.4 is 10.1 Å². The molecule has 1 heterocycles. The zero-order chi connectivity index (χ0) is 21.9. The molecule has 31 heavy (non-hydrogen) atoms. The van der Waals surface area contributed by atoms with Crippen molar-refractivity contribution in [3.8, 4) is 11.5 Å². The lowest BCUT2D eigenvalue weighted by Gasteiger charge is -2.26. The van der Waals surface area contributed by atoms with Gasteiger partial charge in [0.05, 0.1) is 6.61 Å². The summed E-state index contributed by atoms with van der Waals surface area (Å²) in [6.07, 6.45) is 6.91. The quantitative estimate of drug-likeness (QED) is 0.518. The molecule has 0 unspecified atom stereocenters. The molecule has 0 radical (unpaired) electrons. The normalized spacial score (nSPS) is 14.4. The minimum Gasteiger partial charge on any atom is -0.508 e. The van der Waals surface area contributed by atoms with E-state index in [1.54, 1.807) is 6.07 Å². The molecule has 1 saturated heterocycles. The summed E-state index contributed by atoms with van der Waals surface area (Å²) in [6, 6.07) is 14.0. The molecule has 0 aliphatic carbocycles. The van der Waals surface area contributed by atoms with Gasteiger partial charge in [-0.05, 0) is 87.0 Å². The van der Waals surface area contributed by atoms with Gasteiger partial charge in [-0.15, -0.1) is 0 Å². The van der Waals surface area contributed by atoms with Gasteiger partial charge in [-0.25, -0.2) is 0 Å². The molecular weight excluding hydrogens is 388 g/mol. The number of piperidine rings is 1. The van der Waals surface area contributed by atoms with Crippen molar-refractivity contribution in [2.45, 2.75) is 58.4 Å². The standard InChI is InChI=1S/C26H36N2O3/c1-21-18-22(12-13-25(21)29)8-6-11-26(30)27-14-7-17-31-24-10-5-9-23(19-24)20-28-15-3-2-4-16-28/h5,9-10,12-13,18-19,29H,2-4,6-8,11,14-17,20H2,1H3,(H,27,30). The van der Waals surface area contributed by atoms with Gasteiger partial charge in [0.25, 0.3) is 0 Å². The fraction of sp³-hybridized carbons (Fsp3) is 0.500. The second-order valence-corrected chi connectivity index (χ2v) is 8.51. The summed E-state index contributed by atoms with van der Waals surface area (Å²) in [5, 5.41) is 12.6. The van der Waals surface area contributed by atoms with Crippen LogP contribution >= 0.6 is 0 Å². The third-order valence-electron chi connectivity index (χ3n) is 5.80. The number of nitrogens with zero attached hydrogens (tertiary/aromatic N) is 1. The molecule has 0 aromatic heterocycles. The van der Waals surface area contributed by atoms with Crippen molar-refractivity contribution in [2.24, 2.45) is 0 Å². The number of hydrogen-bond donors (Lipinski definition) is 2. The van der Waals surface area contributed by atoms with Gasteiger partial charge in [-0.2, -0.15) is 0 Å². The minimum atomic E-state index is 0.0824. The fourth-order valence-corrected chi connectivity index (χ4v) is 4.01. The highest BCUT2D eigenvalue weighted by Crippen LogP contribution is 2.19. The van der Waals surface area contributed by atoms with E-state index in [-0.39, 0.29) is 5.91 Å². The Balaban J connectivity index is 1.27. The SMILES string of the molecule is Cc1cc(CCCC(=O)NCCCOc2cccc(CN3CCCCC3)c2)ccc1O. The Morgan fingerprint density at radius 2 is 1.90 bits per heavy atom. The molecular formula is C26H36N2O3. The number of carbonyl (C=O) groups is 1. The predicted molar refractivity (Wildman–Crippen MR) is 124 cm³/mol. The zero-order valence-corrected chi connectivity index (χ0v) is 18.7. The molecule has 1 amide bonds. The van der Waals surface area contributed by atoms with Crippen LogP contribution in [0.1, 0.15) is 55.2 Å². The zero-order valence-electron chi connectivity index (χ0n) is 18.7. The molecule has 1 fully saturated rings. The third kappa shape index (κ3) is 8.25. The number of carbonyl (C=O) groups excluding carboxylic acids is 1. The van der Waals surface area contributed by atoms with Gasteiger partial charge in [0, 0.05) is 19.5 Å². The van der Waals surface area contributed by atoms with Gasteiger partial charge < -0.3 is 15.2 Å². The molecule has 0 spiro atoms. The van der Waals surface area contributed by atoms with Crippen LogP contribution in [-0.4, -0.2) is 42.2 Å². The lowest BCUT2D eigenvalue weighted by atomic mass is 10.0. The monoisotopic (exact) mass is 424 g/mol. The first-order chi connectivity index (χ1) is 15.1. The number of rotatable bonds is 11. The van der Waals surface area contributed by atoms with Gasteiger partial charge in [0.15, 0.2) is 0 Å². The van der Waals surface area contributed by atoms with Crippen LogP contribution in [0.15, 0.2) is 42.5 Å². The van der Waals surface area contributed by atoms with E-state index in [1.807, 2.05) is 25.1 Å². The fourth-order valence-electron chi connectivity index (χ4n) is 4.01. The molecule has 3 rings (SSSR count). The molecule has 0 saturated carbocycles. The summed E-state index contributed by atoms with van der Waals surface area (Å²) in [5.74, 6) is 1.31. The van der Waals surface area contributed by atoms with Crippen LogP contribution in [0.25, 0.3) is 0 Å². The lowest BCUT2D eigenvalue weighted by molar-refractivity contribution is -0.121. The van der Waals surface area contributed by atoms with E-state index < -0.39 is 0 Å². The summed E-state index contributed by atoms with van der Waals surface area (Å²) < 4.78 is 5.89. The van der Waals surface area contributed by atoms with E-state index in [0.29, 0.717) is 25.3 Å². The molecule has 2 N–H and O–H groups in total. The summed E-state index contributed by atoms with van der Waals surface area (Å²) in [4.78, 5) is 14.5. The average Bonchev–Trinajstić information content (AvgIpc) is 2.77. The van der Waals surface area contributed by atoms with Crippen LogP contribution in [0.5, 0.6) is 11.5 Å². The number of phenols is 1. The maximum absolute atomic E-state index is 12.0. The molecule has 5 heteroatoms. The first kappa shape index (κ1) is 23.1. The van der Waals surface area contributed by atoms with Gasteiger partial charge in [-0.1, -0.05) is 30.7 Å². The molecule has 1 aliphatic rings. The highest BCUT2D eigenvalue weighted by Gasteiger charge is 2.10. The van der Waals surface area contributed by atoms with Crippen LogP contribution in [-0.2, 0) is 17.8 Å². The summed E-state index contributed by atoms with van der Waals surface area (Å²) in [6.45, 7) is 6.50. The van der Waals surface area contributed by atoms with Gasteiger partial charge in [-0.3, -0.25) is 9.69 Å². The number of aryl methyl sites for hydroxylation is 2. The van der Waals surface area contributed by atoms with E-state index in [1.165, 1.54) is 37.9 Å². The van der Waals surface area contributed by atoms with Gasteiger partial charge in [0.2, 0.25) is 5.91 Å². The Morgan fingerprint density at radius 1 is 1.06 bits per heavy atom. The Labute approximate surface area is 186 Å². The number of benzene rings is 2. The number of likely N-dealkylation sites (tertiary alicyclic amines) is 1. The van der Waals surface area contributed by atoms with Gasteiger partial charge >= 0.3 is 0 Å². The van der Waals surface area contributed by atoms with E-state index in [0.717, 1.165) is 42.7 Å².